The van der Waals surface area contributed by atoms with Crippen molar-refractivity contribution in [1.29, 1.82) is 0 Å². The Hall–Kier alpha value is -3.22. The van der Waals surface area contributed by atoms with Crippen molar-refractivity contribution >= 4 is 12.0 Å². The van der Waals surface area contributed by atoms with E-state index in [-0.39, 0.29) is 24.0 Å². The van der Waals surface area contributed by atoms with E-state index in [2.05, 4.69) is 17.4 Å². The number of carboxylic acid groups (broad SMARTS) is 1. The lowest BCUT2D eigenvalue weighted by Gasteiger charge is -2.32. The van der Waals surface area contributed by atoms with Crippen LogP contribution >= 0.6 is 0 Å². The predicted octanol–water partition coefficient (Wildman–Crippen LogP) is 6.14. The molecule has 0 spiro atoms. The molecule has 7 nitrogen and oxygen atoms in total. The van der Waals surface area contributed by atoms with Gasteiger partial charge in [0.15, 0.2) is 0 Å². The van der Waals surface area contributed by atoms with Gasteiger partial charge in [-0.2, -0.15) is 0 Å². The summed E-state index contributed by atoms with van der Waals surface area (Å²) in [6.07, 6.45) is 4.55. The van der Waals surface area contributed by atoms with Gasteiger partial charge in [-0.3, -0.25) is 4.79 Å². The number of benzene rings is 2. The molecule has 2 unspecified atom stereocenters. The second-order valence-corrected chi connectivity index (χ2v) is 9.81. The first-order valence-corrected chi connectivity index (χ1v) is 13.6. The summed E-state index contributed by atoms with van der Waals surface area (Å²) in [7, 11) is 0. The van der Waals surface area contributed by atoms with Gasteiger partial charge in [-0.1, -0.05) is 30.3 Å². The molecule has 2 amide bonds. The van der Waals surface area contributed by atoms with Crippen LogP contribution in [0, 0.1) is 12.8 Å². The highest BCUT2D eigenvalue weighted by molar-refractivity contribution is 5.76. The van der Waals surface area contributed by atoms with Crippen molar-refractivity contribution in [2.75, 3.05) is 19.8 Å². The number of ether oxygens (including phenoxy) is 2. The number of carboxylic acids is 1. The number of hydrogen-bond donors (Lipinski definition) is 2. The Morgan fingerprint density at radius 2 is 1.70 bits per heavy atom. The minimum Gasteiger partial charge on any atom is -0.493 e. The average Bonchev–Trinajstić information content (AvgIpc) is 3.35. The van der Waals surface area contributed by atoms with Crippen LogP contribution in [0.25, 0.3) is 0 Å². The third-order valence-electron chi connectivity index (χ3n) is 7.21. The Balaban J connectivity index is 1.78. The summed E-state index contributed by atoms with van der Waals surface area (Å²) in [5.74, 6) is 0.357. The molecule has 0 radical (unpaired) electrons. The number of amides is 2. The van der Waals surface area contributed by atoms with Crippen LogP contribution in [0.3, 0.4) is 0 Å². The molecule has 0 aromatic heterocycles. The lowest BCUT2D eigenvalue weighted by molar-refractivity contribution is -0.141. The third-order valence-corrected chi connectivity index (χ3v) is 7.21. The van der Waals surface area contributed by atoms with E-state index in [4.69, 9.17) is 9.47 Å². The van der Waals surface area contributed by atoms with E-state index in [1.165, 1.54) is 5.56 Å². The molecular weight excluding hydrogens is 468 g/mol. The Morgan fingerprint density at radius 1 is 1.05 bits per heavy atom. The largest absolute Gasteiger partial charge is 0.493 e. The summed E-state index contributed by atoms with van der Waals surface area (Å²) < 4.78 is 11.8. The zero-order chi connectivity index (χ0) is 26.8. The second kappa shape index (κ2) is 13.9. The van der Waals surface area contributed by atoms with Crippen molar-refractivity contribution in [2.24, 2.45) is 5.92 Å². The molecule has 1 saturated carbocycles. The third kappa shape index (κ3) is 7.88. The molecule has 2 N–H and O–H groups in total. The fourth-order valence-corrected chi connectivity index (χ4v) is 5.04. The maximum Gasteiger partial charge on any atom is 0.318 e. The number of nitrogens with one attached hydrogen (secondary N) is 1. The molecule has 2 aromatic carbocycles. The maximum atomic E-state index is 13.5. The van der Waals surface area contributed by atoms with Gasteiger partial charge in [0.1, 0.15) is 11.5 Å². The van der Waals surface area contributed by atoms with Crippen LogP contribution in [0.4, 0.5) is 4.79 Å². The standard InChI is InChI=1S/C30H42N2O5/c1-5-36-27-19-25(20-28(21(27)3)37-6-2)22(4)32(17-11-10-14-23-12-8-7-9-13-23)30(35)31-26-16-15-24(18-26)29(33)34/h7-9,12-13,19-20,22,24,26H,5-6,10-11,14-18H2,1-4H3,(H,31,35)(H,33,34)/t22-,24?,26?/m1/s1. The molecule has 1 fully saturated rings. The molecule has 3 rings (SSSR count). The van der Waals surface area contributed by atoms with Crippen molar-refractivity contribution in [3.05, 3.63) is 59.2 Å². The number of urea groups is 1. The molecule has 202 valence electrons. The number of carbonyl (C=O) groups is 2. The summed E-state index contributed by atoms with van der Waals surface area (Å²) in [6.45, 7) is 9.60. The van der Waals surface area contributed by atoms with E-state index >= 15 is 0 Å². The highest BCUT2D eigenvalue weighted by atomic mass is 16.5. The summed E-state index contributed by atoms with van der Waals surface area (Å²) >= 11 is 0. The normalized spacial score (nSPS) is 17.7. The summed E-state index contributed by atoms with van der Waals surface area (Å²) in [5, 5.41) is 12.5. The first kappa shape index (κ1) is 28.4. The van der Waals surface area contributed by atoms with E-state index in [1.807, 2.05) is 62.9 Å². The van der Waals surface area contributed by atoms with Crippen LogP contribution in [-0.2, 0) is 11.2 Å². The summed E-state index contributed by atoms with van der Waals surface area (Å²) in [5.41, 5.74) is 3.19. The maximum absolute atomic E-state index is 13.5. The second-order valence-electron chi connectivity index (χ2n) is 9.81. The number of nitrogens with zero attached hydrogens (tertiary/aromatic N) is 1. The van der Waals surface area contributed by atoms with Crippen LogP contribution in [0.15, 0.2) is 42.5 Å². The SMILES string of the molecule is CCOc1cc([C@@H](C)N(CCCCc2ccccc2)C(=O)NC2CCC(C(=O)O)C2)cc(OCC)c1C. The summed E-state index contributed by atoms with van der Waals surface area (Å²) in [6, 6.07) is 13.9. The first-order chi connectivity index (χ1) is 17.8. The van der Waals surface area contributed by atoms with E-state index < -0.39 is 5.97 Å². The number of carbonyl (C=O) groups excluding carboxylic acids is 1. The minimum absolute atomic E-state index is 0.122. The monoisotopic (exact) mass is 510 g/mol. The van der Waals surface area contributed by atoms with E-state index in [1.54, 1.807) is 0 Å². The van der Waals surface area contributed by atoms with Gasteiger partial charge in [0.05, 0.1) is 25.2 Å². The number of aliphatic carboxylic acids is 1. The molecule has 3 atom stereocenters. The number of rotatable bonds is 13. The fraction of sp³-hybridized carbons (Fsp3) is 0.533. The van der Waals surface area contributed by atoms with E-state index in [0.717, 1.165) is 41.9 Å². The predicted molar refractivity (Wildman–Crippen MR) is 145 cm³/mol. The van der Waals surface area contributed by atoms with Crippen molar-refractivity contribution in [3.8, 4) is 11.5 Å². The lowest BCUT2D eigenvalue weighted by atomic mass is 10.0. The Bertz CT molecular complexity index is 999. The van der Waals surface area contributed by atoms with Gasteiger partial charge in [0.25, 0.3) is 0 Å². The number of aryl methyl sites for hydroxylation is 1. The number of unbranched alkanes of at least 4 members (excludes halogenated alkanes) is 1. The quantitative estimate of drug-likeness (QED) is 0.316. The van der Waals surface area contributed by atoms with Gasteiger partial charge in [-0.05, 0) is 89.5 Å². The van der Waals surface area contributed by atoms with Crippen LogP contribution in [-0.4, -0.2) is 47.8 Å². The van der Waals surface area contributed by atoms with Crippen molar-refractivity contribution < 1.29 is 24.2 Å². The van der Waals surface area contributed by atoms with Crippen LogP contribution in [0.2, 0.25) is 0 Å². The van der Waals surface area contributed by atoms with Crippen molar-refractivity contribution in [2.45, 2.75) is 78.3 Å². The average molecular weight is 511 g/mol. The molecule has 0 bridgehead atoms. The smallest absolute Gasteiger partial charge is 0.318 e. The minimum atomic E-state index is -0.783. The van der Waals surface area contributed by atoms with Gasteiger partial charge in [0, 0.05) is 18.2 Å². The molecule has 37 heavy (non-hydrogen) atoms. The van der Waals surface area contributed by atoms with Crippen LogP contribution < -0.4 is 14.8 Å². The van der Waals surface area contributed by atoms with Gasteiger partial charge in [-0.25, -0.2) is 4.79 Å². The lowest BCUT2D eigenvalue weighted by Crippen LogP contribution is -2.45. The Labute approximate surface area is 221 Å². The highest BCUT2D eigenvalue weighted by Crippen LogP contribution is 2.35. The molecular formula is C30H42N2O5. The van der Waals surface area contributed by atoms with E-state index in [9.17, 15) is 14.7 Å². The van der Waals surface area contributed by atoms with Crippen molar-refractivity contribution in [3.63, 3.8) is 0 Å². The van der Waals surface area contributed by atoms with Crippen LogP contribution in [0.1, 0.15) is 75.6 Å². The van der Waals surface area contributed by atoms with Gasteiger partial charge >= 0.3 is 12.0 Å². The molecule has 0 aliphatic heterocycles. The van der Waals surface area contributed by atoms with Gasteiger partial charge in [-0.15, -0.1) is 0 Å². The number of hydrogen-bond acceptors (Lipinski definition) is 4. The fourth-order valence-electron chi connectivity index (χ4n) is 5.04. The molecule has 0 saturated heterocycles. The molecule has 1 aliphatic rings. The summed E-state index contributed by atoms with van der Waals surface area (Å²) in [4.78, 5) is 26.8. The molecule has 7 heteroatoms. The Morgan fingerprint density at radius 3 is 2.27 bits per heavy atom. The first-order valence-electron chi connectivity index (χ1n) is 13.6. The van der Waals surface area contributed by atoms with Crippen LogP contribution in [0.5, 0.6) is 11.5 Å². The molecule has 0 heterocycles. The molecule has 2 aromatic rings. The zero-order valence-electron chi connectivity index (χ0n) is 22.7. The van der Waals surface area contributed by atoms with E-state index in [0.29, 0.717) is 39.0 Å². The zero-order valence-corrected chi connectivity index (χ0v) is 22.7. The Kier molecular flexibility index (Phi) is 10.7. The highest BCUT2D eigenvalue weighted by Gasteiger charge is 2.32. The van der Waals surface area contributed by atoms with Crippen molar-refractivity contribution in [1.82, 2.24) is 10.2 Å². The molecule has 1 aliphatic carbocycles. The topological polar surface area (TPSA) is 88.1 Å². The van der Waals surface area contributed by atoms with Gasteiger partial charge in [0.2, 0.25) is 0 Å². The van der Waals surface area contributed by atoms with Gasteiger partial charge < -0.3 is 24.8 Å².